The number of ether oxygens (including phenoxy) is 1. The Labute approximate surface area is 60.8 Å². The number of hydrogen-bond donors (Lipinski definition) is 2. The van der Waals surface area contributed by atoms with Crippen LogP contribution in [0.1, 0.15) is 0 Å². The summed E-state index contributed by atoms with van der Waals surface area (Å²) in [5.41, 5.74) is 0. The van der Waals surface area contributed by atoms with Crippen LogP contribution in [0.3, 0.4) is 0 Å². The normalized spacial score (nSPS) is 9.09. The molecule has 58 valence electrons. The Morgan fingerprint density at radius 3 is 2.82 bits per heavy atom. The molecule has 1 aromatic heterocycles. The molecule has 0 aliphatic rings. The summed E-state index contributed by atoms with van der Waals surface area (Å²) < 4.78 is 4.23. The third kappa shape index (κ3) is 1.78. The van der Waals surface area contributed by atoms with Crippen molar-refractivity contribution in [3.8, 4) is 5.88 Å². The molecule has 0 saturated carbocycles. The average molecular weight is 156 g/mol. The van der Waals surface area contributed by atoms with E-state index in [1.165, 1.54) is 12.3 Å². The number of esters is 1. The van der Waals surface area contributed by atoms with Crippen LogP contribution in [0.4, 0.5) is 0 Å². The van der Waals surface area contributed by atoms with Gasteiger partial charge in [-0.1, -0.05) is 0 Å². The van der Waals surface area contributed by atoms with Crippen molar-refractivity contribution in [1.82, 2.24) is 10.2 Å². The molecule has 0 aliphatic heterocycles. The lowest BCUT2D eigenvalue weighted by atomic mass is 10.6. The van der Waals surface area contributed by atoms with Gasteiger partial charge in [-0.2, -0.15) is 0 Å². The monoisotopic (exact) mass is 156 g/mol. The fourth-order valence-electron chi connectivity index (χ4n) is 0.442. The standard InChI is InChI=1S/C5H4N2O4/c8-4(9)5(10)11-3-1-2-6-7-3/h1-2H,(H,6,7)(H,8,9). The van der Waals surface area contributed by atoms with E-state index < -0.39 is 11.9 Å². The van der Waals surface area contributed by atoms with Crippen LogP contribution < -0.4 is 4.74 Å². The van der Waals surface area contributed by atoms with Crippen LogP contribution in [0.2, 0.25) is 0 Å². The van der Waals surface area contributed by atoms with Crippen molar-refractivity contribution < 1.29 is 19.4 Å². The molecule has 0 saturated heterocycles. The van der Waals surface area contributed by atoms with E-state index in [-0.39, 0.29) is 5.88 Å². The summed E-state index contributed by atoms with van der Waals surface area (Å²) in [4.78, 5) is 20.2. The average Bonchev–Trinajstić information content (AvgIpc) is 2.39. The van der Waals surface area contributed by atoms with Gasteiger partial charge >= 0.3 is 11.9 Å². The lowest BCUT2D eigenvalue weighted by molar-refractivity contribution is -0.158. The Hall–Kier alpha value is -1.85. The number of carboxylic acid groups (broad SMARTS) is 1. The molecule has 0 radical (unpaired) electrons. The van der Waals surface area contributed by atoms with E-state index in [9.17, 15) is 9.59 Å². The van der Waals surface area contributed by atoms with E-state index in [0.29, 0.717) is 0 Å². The van der Waals surface area contributed by atoms with Crippen LogP contribution >= 0.6 is 0 Å². The van der Waals surface area contributed by atoms with E-state index in [1.54, 1.807) is 0 Å². The van der Waals surface area contributed by atoms with Crippen molar-refractivity contribution in [3.63, 3.8) is 0 Å². The first kappa shape index (κ1) is 7.26. The molecule has 1 rings (SSSR count). The number of carbonyl (C=O) groups excluding carboxylic acids is 1. The number of hydrogen-bond acceptors (Lipinski definition) is 4. The molecule has 0 aliphatic carbocycles. The van der Waals surface area contributed by atoms with Gasteiger partial charge < -0.3 is 9.84 Å². The number of H-pyrrole nitrogens is 1. The number of rotatable bonds is 1. The van der Waals surface area contributed by atoms with Crippen LogP contribution in [0, 0.1) is 0 Å². The fourth-order valence-corrected chi connectivity index (χ4v) is 0.442. The minimum absolute atomic E-state index is 0.0580. The molecule has 0 atom stereocenters. The molecule has 0 fully saturated rings. The van der Waals surface area contributed by atoms with Crippen molar-refractivity contribution in [3.05, 3.63) is 12.3 Å². The molecule has 6 nitrogen and oxygen atoms in total. The zero-order chi connectivity index (χ0) is 8.27. The molecule has 11 heavy (non-hydrogen) atoms. The summed E-state index contributed by atoms with van der Waals surface area (Å²) in [5, 5.41) is 13.8. The molecule has 0 bridgehead atoms. The van der Waals surface area contributed by atoms with Crippen LogP contribution in [0.15, 0.2) is 12.3 Å². The molecular weight excluding hydrogens is 152 g/mol. The third-order valence-electron chi connectivity index (χ3n) is 0.847. The zero-order valence-electron chi connectivity index (χ0n) is 5.27. The number of aliphatic carboxylic acids is 1. The zero-order valence-corrected chi connectivity index (χ0v) is 5.27. The van der Waals surface area contributed by atoms with Crippen LogP contribution in [0.5, 0.6) is 5.88 Å². The molecule has 2 N–H and O–H groups in total. The Morgan fingerprint density at radius 2 is 2.36 bits per heavy atom. The number of carboxylic acids is 1. The lowest BCUT2D eigenvalue weighted by Crippen LogP contribution is -2.19. The van der Waals surface area contributed by atoms with Crippen molar-refractivity contribution in [1.29, 1.82) is 0 Å². The van der Waals surface area contributed by atoms with E-state index in [1.807, 2.05) is 0 Å². The Balaban J connectivity index is 2.57. The highest BCUT2D eigenvalue weighted by Gasteiger charge is 2.14. The van der Waals surface area contributed by atoms with E-state index in [2.05, 4.69) is 14.9 Å². The predicted molar refractivity (Wildman–Crippen MR) is 31.9 cm³/mol. The summed E-state index contributed by atoms with van der Waals surface area (Å²) in [7, 11) is 0. The molecule has 1 aromatic rings. The van der Waals surface area contributed by atoms with Gasteiger partial charge in [0.2, 0.25) is 5.88 Å². The van der Waals surface area contributed by atoms with Gasteiger partial charge in [0.05, 0.1) is 0 Å². The second-order valence-electron chi connectivity index (χ2n) is 1.61. The van der Waals surface area contributed by atoms with Crippen molar-refractivity contribution in [2.45, 2.75) is 0 Å². The summed E-state index contributed by atoms with van der Waals surface area (Å²) in [6.07, 6.45) is 1.41. The molecule has 0 aromatic carbocycles. The number of nitrogens with zero attached hydrogens (tertiary/aromatic N) is 1. The maximum absolute atomic E-state index is 10.3. The number of nitrogens with one attached hydrogen (secondary N) is 1. The van der Waals surface area contributed by atoms with E-state index >= 15 is 0 Å². The predicted octanol–water partition coefficient (Wildman–Crippen LogP) is -0.600. The Kier molecular flexibility index (Phi) is 1.86. The molecule has 0 amide bonds. The summed E-state index contributed by atoms with van der Waals surface area (Å²) >= 11 is 0. The summed E-state index contributed by atoms with van der Waals surface area (Å²) in [6.45, 7) is 0. The second kappa shape index (κ2) is 2.82. The van der Waals surface area contributed by atoms with Gasteiger partial charge in [-0.05, 0) is 0 Å². The van der Waals surface area contributed by atoms with Gasteiger partial charge in [-0.15, -0.1) is 5.10 Å². The minimum Gasteiger partial charge on any atom is -0.473 e. The fraction of sp³-hybridized carbons (Fsp3) is 0. The third-order valence-corrected chi connectivity index (χ3v) is 0.847. The highest BCUT2D eigenvalue weighted by atomic mass is 16.6. The second-order valence-corrected chi connectivity index (χ2v) is 1.61. The van der Waals surface area contributed by atoms with Crippen LogP contribution in [-0.2, 0) is 9.59 Å². The van der Waals surface area contributed by atoms with E-state index in [0.717, 1.165) is 0 Å². The van der Waals surface area contributed by atoms with Gasteiger partial charge in [0, 0.05) is 12.3 Å². The first-order chi connectivity index (χ1) is 5.20. The summed E-state index contributed by atoms with van der Waals surface area (Å²) in [5.74, 6) is -3.05. The van der Waals surface area contributed by atoms with E-state index in [4.69, 9.17) is 5.11 Å². The molecule has 1 heterocycles. The number of aromatic amines is 1. The quantitative estimate of drug-likeness (QED) is 0.418. The highest BCUT2D eigenvalue weighted by molar-refractivity contribution is 6.29. The SMILES string of the molecule is O=C(O)C(=O)Oc1cc[nH]n1. The molecule has 0 spiro atoms. The van der Waals surface area contributed by atoms with Gasteiger partial charge in [0.15, 0.2) is 0 Å². The number of aromatic nitrogens is 2. The van der Waals surface area contributed by atoms with Crippen LogP contribution in [0.25, 0.3) is 0 Å². The van der Waals surface area contributed by atoms with Gasteiger partial charge in [0.25, 0.3) is 0 Å². The lowest BCUT2D eigenvalue weighted by Gasteiger charge is -1.92. The Morgan fingerprint density at radius 1 is 1.64 bits per heavy atom. The minimum atomic E-state index is -1.65. The van der Waals surface area contributed by atoms with Crippen molar-refractivity contribution in [2.24, 2.45) is 0 Å². The molecular formula is C5H4N2O4. The molecule has 0 unspecified atom stereocenters. The first-order valence-electron chi connectivity index (χ1n) is 2.65. The largest absolute Gasteiger partial charge is 0.473 e. The smallest absolute Gasteiger partial charge is 0.424 e. The molecule has 6 heteroatoms. The maximum atomic E-state index is 10.3. The van der Waals surface area contributed by atoms with Gasteiger partial charge in [0.1, 0.15) is 0 Å². The van der Waals surface area contributed by atoms with Gasteiger partial charge in [-0.25, -0.2) is 9.59 Å². The first-order valence-corrected chi connectivity index (χ1v) is 2.65. The van der Waals surface area contributed by atoms with Crippen LogP contribution in [-0.4, -0.2) is 27.2 Å². The topological polar surface area (TPSA) is 92.3 Å². The highest BCUT2D eigenvalue weighted by Crippen LogP contribution is 2.01. The number of carbonyl (C=O) groups is 2. The van der Waals surface area contributed by atoms with Gasteiger partial charge in [-0.3, -0.25) is 5.10 Å². The Bertz CT molecular complexity index is 266. The van der Waals surface area contributed by atoms with Crippen molar-refractivity contribution in [2.75, 3.05) is 0 Å². The maximum Gasteiger partial charge on any atom is 0.424 e. The van der Waals surface area contributed by atoms with Crippen molar-refractivity contribution >= 4 is 11.9 Å². The summed E-state index contributed by atoms with van der Waals surface area (Å²) in [6, 6.07) is 1.33.